The summed E-state index contributed by atoms with van der Waals surface area (Å²) in [4.78, 5) is 0. The van der Waals surface area contributed by atoms with Crippen molar-refractivity contribution < 1.29 is 18.9 Å². The Kier molecular flexibility index (Phi) is 7.28. The Morgan fingerprint density at radius 1 is 0.800 bits per heavy atom. The van der Waals surface area contributed by atoms with Crippen LogP contribution in [0, 0.1) is 11.8 Å². The van der Waals surface area contributed by atoms with Crippen LogP contribution in [0.15, 0.2) is 0 Å². The van der Waals surface area contributed by atoms with Crippen molar-refractivity contribution in [3.63, 3.8) is 0 Å². The predicted octanol–water partition coefficient (Wildman–Crippen LogP) is 2.65. The summed E-state index contributed by atoms with van der Waals surface area (Å²) in [5, 5.41) is 0. The zero-order valence-electron chi connectivity index (χ0n) is 13.0. The number of hydrogen-bond donors (Lipinski definition) is 0. The first-order valence-corrected chi connectivity index (χ1v) is 8.16. The van der Waals surface area contributed by atoms with Gasteiger partial charge in [-0.05, 0) is 37.5 Å². The fourth-order valence-electron chi connectivity index (χ4n) is 2.48. The zero-order valence-corrected chi connectivity index (χ0v) is 13.0. The first-order chi connectivity index (χ1) is 9.77. The molecule has 2 heterocycles. The fraction of sp³-hybridized carbons (Fsp3) is 1.00. The number of epoxide rings is 2. The number of hydrogen-bond acceptors (Lipinski definition) is 4. The lowest BCUT2D eigenvalue weighted by Crippen LogP contribution is -2.09. The summed E-state index contributed by atoms with van der Waals surface area (Å²) in [7, 11) is 0. The highest BCUT2D eigenvalue weighted by Gasteiger charge is 2.29. The molecule has 4 heteroatoms. The molecule has 0 aliphatic carbocycles. The van der Waals surface area contributed by atoms with Crippen molar-refractivity contribution in [3.8, 4) is 0 Å². The Bertz CT molecular complexity index is 225. The van der Waals surface area contributed by atoms with Crippen molar-refractivity contribution >= 4 is 0 Å². The molecule has 4 unspecified atom stereocenters. The molecular weight excluding hydrogens is 256 g/mol. The van der Waals surface area contributed by atoms with E-state index in [-0.39, 0.29) is 0 Å². The fourth-order valence-corrected chi connectivity index (χ4v) is 2.48. The van der Waals surface area contributed by atoms with E-state index in [9.17, 15) is 0 Å². The molecule has 0 amide bonds. The smallest absolute Gasteiger partial charge is 0.0835 e. The third kappa shape index (κ3) is 7.02. The van der Waals surface area contributed by atoms with Gasteiger partial charge in [-0.2, -0.15) is 0 Å². The van der Waals surface area contributed by atoms with E-state index in [2.05, 4.69) is 13.8 Å². The topological polar surface area (TPSA) is 43.5 Å². The highest BCUT2D eigenvalue weighted by atomic mass is 16.6. The second kappa shape index (κ2) is 8.98. The van der Waals surface area contributed by atoms with E-state index in [1.807, 2.05) is 0 Å². The van der Waals surface area contributed by atoms with E-state index in [4.69, 9.17) is 18.9 Å². The molecule has 0 N–H and O–H groups in total. The second-order valence-electron chi connectivity index (χ2n) is 6.21. The minimum atomic E-state index is 0.529. The van der Waals surface area contributed by atoms with Crippen molar-refractivity contribution in [3.05, 3.63) is 0 Å². The van der Waals surface area contributed by atoms with Crippen LogP contribution in [-0.2, 0) is 18.9 Å². The minimum absolute atomic E-state index is 0.529. The summed E-state index contributed by atoms with van der Waals surface area (Å²) in [5.41, 5.74) is 0. The molecule has 0 aromatic carbocycles. The molecule has 2 saturated heterocycles. The molecule has 20 heavy (non-hydrogen) atoms. The Morgan fingerprint density at radius 3 is 1.55 bits per heavy atom. The molecule has 2 aliphatic rings. The Labute approximate surface area is 123 Å². The van der Waals surface area contributed by atoms with Gasteiger partial charge in [-0.1, -0.05) is 13.8 Å². The van der Waals surface area contributed by atoms with Gasteiger partial charge < -0.3 is 18.9 Å². The normalized spacial score (nSPS) is 27.3. The van der Waals surface area contributed by atoms with Crippen molar-refractivity contribution in [1.29, 1.82) is 0 Å². The van der Waals surface area contributed by atoms with Crippen LogP contribution in [0.5, 0.6) is 0 Å². The van der Waals surface area contributed by atoms with E-state index in [1.54, 1.807) is 0 Å². The lowest BCUT2D eigenvalue weighted by molar-refractivity contribution is 0.0428. The quantitative estimate of drug-likeness (QED) is 0.386. The minimum Gasteiger partial charge on any atom is -0.379 e. The first-order valence-electron chi connectivity index (χ1n) is 8.16. The largest absolute Gasteiger partial charge is 0.379 e. The van der Waals surface area contributed by atoms with Gasteiger partial charge in [-0.15, -0.1) is 0 Å². The molecule has 2 aliphatic heterocycles. The van der Waals surface area contributed by atoms with E-state index >= 15 is 0 Å². The third-order valence-electron chi connectivity index (χ3n) is 4.26. The van der Waals surface area contributed by atoms with Crippen LogP contribution < -0.4 is 0 Å². The van der Waals surface area contributed by atoms with E-state index in [0.717, 1.165) is 52.5 Å². The van der Waals surface area contributed by atoms with Crippen molar-refractivity contribution in [2.75, 3.05) is 39.6 Å². The molecule has 0 aromatic rings. The van der Waals surface area contributed by atoms with E-state index in [0.29, 0.717) is 24.0 Å². The molecular formula is C16H30O4. The van der Waals surface area contributed by atoms with Gasteiger partial charge in [-0.25, -0.2) is 0 Å². The van der Waals surface area contributed by atoms with Crippen LogP contribution in [0.4, 0.5) is 0 Å². The molecule has 4 nitrogen and oxygen atoms in total. The van der Waals surface area contributed by atoms with Gasteiger partial charge in [0.1, 0.15) is 0 Å². The summed E-state index contributed by atoms with van der Waals surface area (Å²) in [6.07, 6.45) is 5.71. The lowest BCUT2D eigenvalue weighted by Gasteiger charge is -2.09. The zero-order chi connectivity index (χ0) is 14.2. The van der Waals surface area contributed by atoms with Crippen LogP contribution in [0.25, 0.3) is 0 Å². The highest BCUT2D eigenvalue weighted by Crippen LogP contribution is 2.24. The standard InChI is InChI=1S/C16H30O4/c1-13(15-11-19-15)5-3-7-17-9-10-18-8-4-6-14(2)16-12-20-16/h13-16H,3-12H2,1-2H3. The molecule has 0 aromatic heterocycles. The summed E-state index contributed by atoms with van der Waals surface area (Å²) in [6, 6.07) is 0. The van der Waals surface area contributed by atoms with Gasteiger partial charge in [0.2, 0.25) is 0 Å². The van der Waals surface area contributed by atoms with Gasteiger partial charge in [-0.3, -0.25) is 0 Å². The molecule has 2 rings (SSSR count). The van der Waals surface area contributed by atoms with Crippen LogP contribution in [0.3, 0.4) is 0 Å². The van der Waals surface area contributed by atoms with Crippen LogP contribution in [0.2, 0.25) is 0 Å². The summed E-state index contributed by atoms with van der Waals surface area (Å²) in [6.45, 7) is 9.56. The monoisotopic (exact) mass is 286 g/mol. The van der Waals surface area contributed by atoms with Gasteiger partial charge in [0.25, 0.3) is 0 Å². The predicted molar refractivity (Wildman–Crippen MR) is 77.9 cm³/mol. The molecule has 0 spiro atoms. The highest BCUT2D eigenvalue weighted by molar-refractivity contribution is 4.76. The molecule has 118 valence electrons. The Hall–Kier alpha value is -0.160. The van der Waals surface area contributed by atoms with Crippen molar-refractivity contribution in [2.24, 2.45) is 11.8 Å². The van der Waals surface area contributed by atoms with Crippen molar-refractivity contribution in [1.82, 2.24) is 0 Å². The molecule has 2 fully saturated rings. The van der Waals surface area contributed by atoms with Crippen LogP contribution in [-0.4, -0.2) is 51.8 Å². The lowest BCUT2D eigenvalue weighted by atomic mass is 10.0. The van der Waals surface area contributed by atoms with Gasteiger partial charge in [0, 0.05) is 13.2 Å². The molecule has 0 saturated carbocycles. The van der Waals surface area contributed by atoms with Gasteiger partial charge in [0.15, 0.2) is 0 Å². The second-order valence-corrected chi connectivity index (χ2v) is 6.21. The van der Waals surface area contributed by atoms with E-state index in [1.165, 1.54) is 12.8 Å². The average molecular weight is 286 g/mol. The SMILES string of the molecule is CC(CCCOCCOCCCC(C)C1CO1)C1CO1. The Morgan fingerprint density at radius 2 is 1.20 bits per heavy atom. The first kappa shape index (κ1) is 16.2. The number of rotatable bonds is 13. The summed E-state index contributed by atoms with van der Waals surface area (Å²) >= 11 is 0. The van der Waals surface area contributed by atoms with Gasteiger partial charge >= 0.3 is 0 Å². The third-order valence-corrected chi connectivity index (χ3v) is 4.26. The maximum atomic E-state index is 5.57. The maximum Gasteiger partial charge on any atom is 0.0835 e. The summed E-state index contributed by atoms with van der Waals surface area (Å²) < 4.78 is 21.7. The summed E-state index contributed by atoms with van der Waals surface area (Å²) in [5.74, 6) is 1.37. The Balaban J connectivity index is 1.26. The molecule has 0 radical (unpaired) electrons. The van der Waals surface area contributed by atoms with Crippen LogP contribution in [0.1, 0.15) is 39.5 Å². The maximum absolute atomic E-state index is 5.57. The van der Waals surface area contributed by atoms with Crippen LogP contribution >= 0.6 is 0 Å². The van der Waals surface area contributed by atoms with Crippen molar-refractivity contribution in [2.45, 2.75) is 51.7 Å². The van der Waals surface area contributed by atoms with Gasteiger partial charge in [0.05, 0.1) is 38.6 Å². The molecule has 0 bridgehead atoms. The van der Waals surface area contributed by atoms with E-state index < -0.39 is 0 Å². The average Bonchev–Trinajstić information content (AvgIpc) is 3.32. The number of ether oxygens (including phenoxy) is 4. The molecule has 4 atom stereocenters.